The first-order valence-electron chi connectivity index (χ1n) is 7.15. The second kappa shape index (κ2) is 6.75. The zero-order valence-electron chi connectivity index (χ0n) is 12.9. The number of ether oxygens (including phenoxy) is 1. The van der Waals surface area contributed by atoms with Gasteiger partial charge in [-0.15, -0.1) is 11.3 Å². The molecule has 0 unspecified atom stereocenters. The summed E-state index contributed by atoms with van der Waals surface area (Å²) in [6.45, 7) is 6.59. The van der Waals surface area contributed by atoms with Crippen LogP contribution in [0.25, 0.3) is 0 Å². The monoisotopic (exact) mass is 332 g/mol. The average molecular weight is 332 g/mol. The van der Waals surface area contributed by atoms with Crippen molar-refractivity contribution in [2.24, 2.45) is 5.41 Å². The Kier molecular flexibility index (Phi) is 5.43. The Balaban J connectivity index is 2.11. The number of sulfonamides is 1. The number of thiophene rings is 1. The van der Waals surface area contributed by atoms with Gasteiger partial charge in [0.25, 0.3) is 0 Å². The molecule has 1 aromatic heterocycles. The Morgan fingerprint density at radius 1 is 1.38 bits per heavy atom. The lowest BCUT2D eigenvalue weighted by atomic mass is 9.80. The van der Waals surface area contributed by atoms with E-state index in [1.54, 1.807) is 7.11 Å². The highest BCUT2D eigenvalue weighted by Gasteiger charge is 2.34. The molecule has 0 bridgehead atoms. The summed E-state index contributed by atoms with van der Waals surface area (Å²) in [4.78, 5) is 1.02. The standard InChI is InChI=1S/C14H24N2O3S2/c1-11-8-12(2)20-13(11)21(17,18)16-9-14(10-19-3)4-6-15-7-5-14/h8,15-16H,4-7,9-10H2,1-3H3. The van der Waals surface area contributed by atoms with Crippen LogP contribution in [0.15, 0.2) is 10.3 Å². The predicted molar refractivity (Wildman–Crippen MR) is 85.4 cm³/mol. The van der Waals surface area contributed by atoms with E-state index >= 15 is 0 Å². The van der Waals surface area contributed by atoms with Crippen LogP contribution in [-0.4, -0.2) is 41.8 Å². The Hall–Kier alpha value is -0.470. The molecule has 1 saturated heterocycles. The Bertz CT molecular complexity index is 570. The van der Waals surface area contributed by atoms with E-state index in [0.29, 0.717) is 17.4 Å². The number of hydrogen-bond acceptors (Lipinski definition) is 5. The van der Waals surface area contributed by atoms with Crippen LogP contribution in [0.1, 0.15) is 23.3 Å². The van der Waals surface area contributed by atoms with E-state index in [0.717, 1.165) is 36.4 Å². The summed E-state index contributed by atoms with van der Waals surface area (Å²) in [5, 5.41) is 3.31. The van der Waals surface area contributed by atoms with E-state index in [2.05, 4.69) is 10.0 Å². The van der Waals surface area contributed by atoms with Crippen molar-refractivity contribution in [3.05, 3.63) is 16.5 Å². The van der Waals surface area contributed by atoms with Gasteiger partial charge in [0.05, 0.1) is 6.61 Å². The van der Waals surface area contributed by atoms with Crippen LogP contribution in [0.3, 0.4) is 0 Å². The highest BCUT2D eigenvalue weighted by molar-refractivity contribution is 7.91. The van der Waals surface area contributed by atoms with Crippen molar-refractivity contribution >= 4 is 21.4 Å². The molecule has 2 N–H and O–H groups in total. The molecular weight excluding hydrogens is 308 g/mol. The summed E-state index contributed by atoms with van der Waals surface area (Å²) < 4.78 is 33.6. The fraction of sp³-hybridized carbons (Fsp3) is 0.714. The molecule has 2 rings (SSSR count). The molecule has 1 aliphatic heterocycles. The van der Waals surface area contributed by atoms with Crippen LogP contribution in [0, 0.1) is 19.3 Å². The van der Waals surface area contributed by atoms with Gasteiger partial charge in [-0.3, -0.25) is 0 Å². The number of methoxy groups -OCH3 is 1. The Morgan fingerprint density at radius 2 is 2.05 bits per heavy atom. The SMILES string of the molecule is COCC1(CNS(=O)(=O)c2sc(C)cc2C)CCNCC1. The summed E-state index contributed by atoms with van der Waals surface area (Å²) in [5.74, 6) is 0. The van der Waals surface area contributed by atoms with Gasteiger partial charge in [0.1, 0.15) is 4.21 Å². The largest absolute Gasteiger partial charge is 0.384 e. The molecule has 0 aromatic carbocycles. The molecule has 2 heterocycles. The van der Waals surface area contributed by atoms with Crippen LogP contribution in [0.2, 0.25) is 0 Å². The highest BCUT2D eigenvalue weighted by Crippen LogP contribution is 2.30. The number of hydrogen-bond donors (Lipinski definition) is 2. The zero-order valence-corrected chi connectivity index (χ0v) is 14.5. The van der Waals surface area contributed by atoms with Crippen LogP contribution in [0.5, 0.6) is 0 Å². The molecular formula is C14H24N2O3S2. The van der Waals surface area contributed by atoms with Crippen LogP contribution in [-0.2, 0) is 14.8 Å². The van der Waals surface area contributed by atoms with E-state index in [4.69, 9.17) is 4.74 Å². The van der Waals surface area contributed by atoms with Gasteiger partial charge < -0.3 is 10.1 Å². The van der Waals surface area contributed by atoms with E-state index in [1.165, 1.54) is 11.3 Å². The normalized spacial score (nSPS) is 18.8. The first-order chi connectivity index (χ1) is 9.88. The minimum atomic E-state index is -3.43. The molecule has 1 fully saturated rings. The maximum atomic E-state index is 12.5. The molecule has 0 amide bonds. The highest BCUT2D eigenvalue weighted by atomic mass is 32.2. The lowest BCUT2D eigenvalue weighted by Gasteiger charge is -2.37. The second-order valence-corrected chi connectivity index (χ2v) is 9.05. The third kappa shape index (κ3) is 4.04. The van der Waals surface area contributed by atoms with Crippen LogP contribution < -0.4 is 10.0 Å². The molecule has 21 heavy (non-hydrogen) atoms. The lowest BCUT2D eigenvalue weighted by Crippen LogP contribution is -2.47. The summed E-state index contributed by atoms with van der Waals surface area (Å²) in [7, 11) is -1.76. The average Bonchev–Trinajstić information content (AvgIpc) is 2.78. The molecule has 1 aliphatic rings. The van der Waals surface area contributed by atoms with Crippen molar-refractivity contribution in [3.63, 3.8) is 0 Å². The molecule has 0 saturated carbocycles. The quantitative estimate of drug-likeness (QED) is 0.831. The summed E-state index contributed by atoms with van der Waals surface area (Å²) in [5.41, 5.74) is 0.712. The number of rotatable bonds is 6. The van der Waals surface area contributed by atoms with Crippen LogP contribution >= 0.6 is 11.3 Å². The fourth-order valence-corrected chi connectivity index (χ4v) is 5.70. The second-order valence-electron chi connectivity index (χ2n) is 5.84. The molecule has 0 spiro atoms. The molecule has 0 atom stereocenters. The van der Waals surface area contributed by atoms with Gasteiger partial charge in [-0.2, -0.15) is 0 Å². The summed E-state index contributed by atoms with van der Waals surface area (Å²) >= 11 is 1.33. The molecule has 1 aromatic rings. The summed E-state index contributed by atoms with van der Waals surface area (Å²) in [6.07, 6.45) is 1.84. The number of piperidine rings is 1. The minimum absolute atomic E-state index is 0.104. The van der Waals surface area contributed by atoms with Gasteiger partial charge >= 0.3 is 0 Å². The zero-order chi connectivity index (χ0) is 15.5. The van der Waals surface area contributed by atoms with E-state index in [-0.39, 0.29) is 5.41 Å². The van der Waals surface area contributed by atoms with Gasteiger partial charge in [-0.05, 0) is 51.4 Å². The third-order valence-corrected chi connectivity index (χ3v) is 7.18. The summed E-state index contributed by atoms with van der Waals surface area (Å²) in [6, 6.07) is 1.91. The Labute approximate surface area is 131 Å². The van der Waals surface area contributed by atoms with Gasteiger partial charge in [-0.1, -0.05) is 0 Å². The molecule has 0 aliphatic carbocycles. The molecule has 5 nitrogen and oxygen atoms in total. The number of nitrogens with one attached hydrogen (secondary N) is 2. The minimum Gasteiger partial charge on any atom is -0.384 e. The maximum Gasteiger partial charge on any atom is 0.250 e. The topological polar surface area (TPSA) is 67.4 Å². The first kappa shape index (κ1) is 16.9. The smallest absolute Gasteiger partial charge is 0.250 e. The Morgan fingerprint density at radius 3 is 2.57 bits per heavy atom. The van der Waals surface area contributed by atoms with Crippen molar-refractivity contribution in [2.75, 3.05) is 33.4 Å². The number of aryl methyl sites for hydroxylation is 2. The van der Waals surface area contributed by atoms with Gasteiger partial charge in [0.15, 0.2) is 0 Å². The van der Waals surface area contributed by atoms with Crippen LogP contribution in [0.4, 0.5) is 0 Å². The molecule has 7 heteroatoms. The van der Waals surface area contributed by atoms with Crippen molar-refractivity contribution in [1.29, 1.82) is 0 Å². The molecule has 0 radical (unpaired) electrons. The molecule has 120 valence electrons. The van der Waals surface area contributed by atoms with E-state index in [9.17, 15) is 8.42 Å². The first-order valence-corrected chi connectivity index (χ1v) is 9.45. The van der Waals surface area contributed by atoms with Gasteiger partial charge in [-0.25, -0.2) is 13.1 Å². The lowest BCUT2D eigenvalue weighted by molar-refractivity contribution is 0.0577. The van der Waals surface area contributed by atoms with Crippen molar-refractivity contribution in [1.82, 2.24) is 10.0 Å². The van der Waals surface area contributed by atoms with E-state index in [1.807, 2.05) is 19.9 Å². The van der Waals surface area contributed by atoms with Crippen molar-refractivity contribution in [3.8, 4) is 0 Å². The predicted octanol–water partition coefficient (Wildman–Crippen LogP) is 1.66. The van der Waals surface area contributed by atoms with Gasteiger partial charge in [0.2, 0.25) is 10.0 Å². The van der Waals surface area contributed by atoms with Gasteiger partial charge in [0, 0.05) is 23.9 Å². The van der Waals surface area contributed by atoms with E-state index < -0.39 is 10.0 Å². The maximum absolute atomic E-state index is 12.5. The van der Waals surface area contributed by atoms with Crippen molar-refractivity contribution < 1.29 is 13.2 Å². The third-order valence-electron chi connectivity index (χ3n) is 3.99. The van der Waals surface area contributed by atoms with Crippen molar-refractivity contribution in [2.45, 2.75) is 30.9 Å². The fourth-order valence-electron chi connectivity index (χ4n) is 2.84.